The highest BCUT2D eigenvalue weighted by Crippen LogP contribution is 2.35. The Morgan fingerprint density at radius 1 is 0.889 bits per heavy atom. The maximum Gasteiger partial charge on any atom is 0.203 e. The predicted molar refractivity (Wildman–Crippen MR) is 72.4 cm³/mol. The monoisotopic (exact) mass is 302 g/mol. The molecule has 18 heavy (non-hydrogen) atoms. The van der Waals surface area contributed by atoms with Crippen LogP contribution in [0, 0.1) is 0 Å². The topological polar surface area (TPSA) is 40.0 Å². The molecular formula is C13H11BrN4. The molecule has 0 unspecified atom stereocenters. The van der Waals surface area contributed by atoms with Crippen LogP contribution in [-0.2, 0) is 5.66 Å². The molecule has 0 saturated carbocycles. The van der Waals surface area contributed by atoms with Gasteiger partial charge in [0.15, 0.2) is 0 Å². The van der Waals surface area contributed by atoms with Crippen LogP contribution in [0.1, 0.15) is 11.1 Å². The molecule has 0 fully saturated rings. The third-order valence-corrected chi connectivity index (χ3v) is 3.23. The summed E-state index contributed by atoms with van der Waals surface area (Å²) in [6.07, 6.45) is 0. The lowest BCUT2D eigenvalue weighted by molar-refractivity contribution is 0.332. The minimum Gasteiger partial charge on any atom is -0.168 e. The number of hydrazine groups is 1. The number of hydrogen-bond donors (Lipinski definition) is 1. The van der Waals surface area contributed by atoms with Crippen LogP contribution >= 0.6 is 16.1 Å². The van der Waals surface area contributed by atoms with E-state index in [1.165, 1.54) is 4.14 Å². The lowest BCUT2D eigenvalue weighted by Crippen LogP contribution is -2.41. The average molecular weight is 303 g/mol. The van der Waals surface area contributed by atoms with Crippen molar-refractivity contribution < 1.29 is 0 Å². The van der Waals surface area contributed by atoms with E-state index in [9.17, 15) is 0 Å². The molecule has 90 valence electrons. The first-order valence-corrected chi connectivity index (χ1v) is 6.30. The second-order valence-corrected chi connectivity index (χ2v) is 4.68. The quantitative estimate of drug-likeness (QED) is 0.864. The number of benzene rings is 2. The van der Waals surface area contributed by atoms with Gasteiger partial charge in [-0.2, -0.15) is 5.43 Å². The summed E-state index contributed by atoms with van der Waals surface area (Å²) in [6.45, 7) is 0. The van der Waals surface area contributed by atoms with Gasteiger partial charge >= 0.3 is 0 Å². The molecular weight excluding hydrogens is 292 g/mol. The molecule has 4 nitrogen and oxygen atoms in total. The van der Waals surface area contributed by atoms with Gasteiger partial charge in [-0.1, -0.05) is 60.7 Å². The zero-order chi connectivity index (χ0) is 12.4. The van der Waals surface area contributed by atoms with Gasteiger partial charge in [-0.3, -0.25) is 0 Å². The molecule has 1 heterocycles. The van der Waals surface area contributed by atoms with E-state index >= 15 is 0 Å². The van der Waals surface area contributed by atoms with Gasteiger partial charge < -0.3 is 0 Å². The molecule has 1 aliphatic heterocycles. The van der Waals surface area contributed by atoms with Crippen LogP contribution in [0.15, 0.2) is 71.0 Å². The van der Waals surface area contributed by atoms with Gasteiger partial charge in [-0.25, -0.2) is 0 Å². The molecule has 0 amide bonds. The van der Waals surface area contributed by atoms with E-state index in [1.807, 2.05) is 60.7 Å². The van der Waals surface area contributed by atoms with E-state index in [0.29, 0.717) is 0 Å². The normalized spacial score (nSPS) is 17.1. The Morgan fingerprint density at radius 2 is 1.39 bits per heavy atom. The SMILES string of the molecule is BrN1N=NC(c2ccccc2)(c2ccccc2)N1. The Balaban J connectivity index is 2.15. The van der Waals surface area contributed by atoms with Crippen LogP contribution in [0.5, 0.6) is 0 Å². The van der Waals surface area contributed by atoms with Crippen LogP contribution in [0.4, 0.5) is 0 Å². The van der Waals surface area contributed by atoms with E-state index in [4.69, 9.17) is 0 Å². The van der Waals surface area contributed by atoms with Crippen LogP contribution in [-0.4, -0.2) is 4.14 Å². The molecule has 1 aliphatic rings. The van der Waals surface area contributed by atoms with E-state index < -0.39 is 5.66 Å². The highest BCUT2D eigenvalue weighted by Gasteiger charge is 2.39. The van der Waals surface area contributed by atoms with Crippen LogP contribution in [0.3, 0.4) is 0 Å². The Labute approximate surface area is 114 Å². The van der Waals surface area contributed by atoms with Gasteiger partial charge in [0.25, 0.3) is 0 Å². The fourth-order valence-electron chi connectivity index (χ4n) is 2.05. The summed E-state index contributed by atoms with van der Waals surface area (Å²) >= 11 is 3.27. The van der Waals surface area contributed by atoms with E-state index in [1.54, 1.807) is 0 Å². The van der Waals surface area contributed by atoms with Crippen molar-refractivity contribution in [3.05, 3.63) is 71.8 Å². The van der Waals surface area contributed by atoms with Crippen LogP contribution in [0.25, 0.3) is 0 Å². The van der Waals surface area contributed by atoms with Gasteiger partial charge in [0.2, 0.25) is 5.66 Å². The number of rotatable bonds is 2. The Morgan fingerprint density at radius 3 is 1.78 bits per heavy atom. The van der Waals surface area contributed by atoms with Gasteiger partial charge in [-0.15, -0.1) is 9.26 Å². The smallest absolute Gasteiger partial charge is 0.168 e. The van der Waals surface area contributed by atoms with Crippen molar-refractivity contribution in [3.63, 3.8) is 0 Å². The standard InChI is InChI=1S/C13H11BrN4/c14-18-16-13(15-17-18,11-7-3-1-4-8-11)12-9-5-2-6-10-12/h1-10,16H. The first-order valence-electron chi connectivity index (χ1n) is 5.59. The van der Waals surface area contributed by atoms with Gasteiger partial charge in [0.05, 0.1) is 16.1 Å². The zero-order valence-electron chi connectivity index (χ0n) is 9.49. The molecule has 0 bridgehead atoms. The van der Waals surface area contributed by atoms with Crippen molar-refractivity contribution in [3.8, 4) is 0 Å². The van der Waals surface area contributed by atoms with Crippen molar-refractivity contribution in [2.24, 2.45) is 10.3 Å². The number of hydrogen-bond acceptors (Lipinski definition) is 4. The molecule has 3 rings (SSSR count). The summed E-state index contributed by atoms with van der Waals surface area (Å²) in [5.41, 5.74) is 4.64. The summed E-state index contributed by atoms with van der Waals surface area (Å²) in [5, 5.41) is 8.39. The molecule has 5 heteroatoms. The number of nitrogens with zero attached hydrogens (tertiary/aromatic N) is 3. The highest BCUT2D eigenvalue weighted by atomic mass is 79.9. The zero-order valence-corrected chi connectivity index (χ0v) is 11.1. The third kappa shape index (κ3) is 1.81. The number of halogens is 1. The van der Waals surface area contributed by atoms with Crippen LogP contribution in [0.2, 0.25) is 0 Å². The average Bonchev–Trinajstić information content (AvgIpc) is 2.84. The lowest BCUT2D eigenvalue weighted by atomic mass is 9.93. The summed E-state index contributed by atoms with van der Waals surface area (Å²) < 4.78 is 1.45. The molecule has 0 saturated heterocycles. The Bertz CT molecular complexity index is 516. The fraction of sp³-hybridized carbons (Fsp3) is 0.0769. The Hall–Kier alpha value is -1.72. The summed E-state index contributed by atoms with van der Waals surface area (Å²) in [5.74, 6) is 0. The van der Waals surface area contributed by atoms with Crippen molar-refractivity contribution in [2.45, 2.75) is 5.66 Å². The number of nitrogens with one attached hydrogen (secondary N) is 1. The second-order valence-electron chi connectivity index (χ2n) is 4.00. The summed E-state index contributed by atoms with van der Waals surface area (Å²) in [6, 6.07) is 20.1. The van der Waals surface area contributed by atoms with Gasteiger partial charge in [-0.05, 0) is 5.22 Å². The maximum atomic E-state index is 4.38. The largest absolute Gasteiger partial charge is 0.203 e. The lowest BCUT2D eigenvalue weighted by Gasteiger charge is -2.26. The molecule has 1 N–H and O–H groups in total. The van der Waals surface area contributed by atoms with E-state index in [-0.39, 0.29) is 0 Å². The second kappa shape index (κ2) is 4.51. The molecule has 0 aliphatic carbocycles. The molecule has 0 radical (unpaired) electrons. The van der Waals surface area contributed by atoms with Crippen molar-refractivity contribution >= 4 is 16.1 Å². The predicted octanol–water partition coefficient (Wildman–Crippen LogP) is 3.39. The molecule has 0 atom stereocenters. The first-order chi connectivity index (χ1) is 8.81. The molecule has 0 aromatic heterocycles. The fourth-order valence-corrected chi connectivity index (χ4v) is 2.38. The third-order valence-electron chi connectivity index (χ3n) is 2.91. The van der Waals surface area contributed by atoms with Crippen molar-refractivity contribution in [2.75, 3.05) is 0 Å². The van der Waals surface area contributed by atoms with Crippen LogP contribution < -0.4 is 5.43 Å². The summed E-state index contributed by atoms with van der Waals surface area (Å²) in [7, 11) is 0. The van der Waals surface area contributed by atoms with Gasteiger partial charge in [0.1, 0.15) is 0 Å². The van der Waals surface area contributed by atoms with E-state index in [0.717, 1.165) is 11.1 Å². The minimum absolute atomic E-state index is 0.661. The molecule has 0 spiro atoms. The van der Waals surface area contributed by atoms with Gasteiger partial charge in [0, 0.05) is 11.1 Å². The van der Waals surface area contributed by atoms with Crippen molar-refractivity contribution in [1.29, 1.82) is 0 Å². The van der Waals surface area contributed by atoms with E-state index in [2.05, 4.69) is 31.9 Å². The first kappa shape index (κ1) is 11.4. The Kier molecular flexibility index (Phi) is 2.85. The highest BCUT2D eigenvalue weighted by molar-refractivity contribution is 9.07. The van der Waals surface area contributed by atoms with Crippen molar-refractivity contribution in [1.82, 2.24) is 9.57 Å². The minimum atomic E-state index is -0.661. The maximum absolute atomic E-state index is 4.38. The molecule has 2 aromatic rings. The molecule has 2 aromatic carbocycles. The summed E-state index contributed by atoms with van der Waals surface area (Å²) in [4.78, 5) is 0.